The lowest BCUT2D eigenvalue weighted by atomic mass is 9.75. The third kappa shape index (κ3) is 3.59. The van der Waals surface area contributed by atoms with Gasteiger partial charge in [0, 0.05) is 16.9 Å². The molecular weight excluding hydrogens is 446 g/mol. The standard InChI is InChI=1S/C19H20BrN3O4S/c1-11-7-13-14(8-24)27-18(22-16(25)12-5-3-2-4-6-12)23-19(13,10-26-11)17-21-15(20)9-28-17/h2-6,9,11,13-14,24H,7-8,10H2,1H3,(H,22,23,25)/t11-,13-,14+,19-/m0/s1. The number of aliphatic hydroxyl groups is 1. The third-order valence-electron chi connectivity index (χ3n) is 5.08. The van der Waals surface area contributed by atoms with Gasteiger partial charge in [-0.15, -0.1) is 11.3 Å². The van der Waals surface area contributed by atoms with E-state index in [0.717, 1.165) is 9.61 Å². The van der Waals surface area contributed by atoms with Crippen LogP contribution < -0.4 is 5.32 Å². The summed E-state index contributed by atoms with van der Waals surface area (Å²) in [5, 5.41) is 15.4. The Kier molecular flexibility index (Phi) is 5.50. The quantitative estimate of drug-likeness (QED) is 0.726. The molecule has 1 fully saturated rings. The van der Waals surface area contributed by atoms with Crippen molar-refractivity contribution in [2.75, 3.05) is 13.2 Å². The first-order valence-electron chi connectivity index (χ1n) is 8.98. The number of fused-ring (bicyclic) bond motifs is 1. The summed E-state index contributed by atoms with van der Waals surface area (Å²) in [4.78, 5) is 21.9. The minimum Gasteiger partial charge on any atom is -0.459 e. The molecule has 1 saturated heterocycles. The van der Waals surface area contributed by atoms with Crippen molar-refractivity contribution in [3.63, 3.8) is 0 Å². The molecule has 0 radical (unpaired) electrons. The van der Waals surface area contributed by atoms with Crippen molar-refractivity contribution in [1.29, 1.82) is 0 Å². The molecule has 4 rings (SSSR count). The van der Waals surface area contributed by atoms with Crippen LogP contribution in [0.4, 0.5) is 0 Å². The highest BCUT2D eigenvalue weighted by molar-refractivity contribution is 9.10. The number of ether oxygens (including phenoxy) is 2. The lowest BCUT2D eigenvalue weighted by Gasteiger charge is -2.47. The maximum absolute atomic E-state index is 12.6. The minimum absolute atomic E-state index is 0.0230. The molecule has 148 valence electrons. The van der Waals surface area contributed by atoms with Crippen LogP contribution >= 0.6 is 27.3 Å². The Balaban J connectivity index is 1.72. The van der Waals surface area contributed by atoms with Crippen LogP contribution in [0.1, 0.15) is 28.7 Å². The largest absolute Gasteiger partial charge is 0.459 e. The number of halogens is 1. The second-order valence-electron chi connectivity index (χ2n) is 6.94. The maximum Gasteiger partial charge on any atom is 0.293 e. The number of thiazole rings is 1. The Morgan fingerprint density at radius 2 is 2.21 bits per heavy atom. The summed E-state index contributed by atoms with van der Waals surface area (Å²) in [6.07, 6.45) is 0.179. The molecule has 2 N–H and O–H groups in total. The Morgan fingerprint density at radius 3 is 2.89 bits per heavy atom. The second-order valence-corrected chi connectivity index (χ2v) is 8.61. The Labute approximate surface area is 174 Å². The monoisotopic (exact) mass is 465 g/mol. The Morgan fingerprint density at radius 1 is 1.43 bits per heavy atom. The normalized spacial score (nSPS) is 29.4. The van der Waals surface area contributed by atoms with Crippen LogP contribution in [0.3, 0.4) is 0 Å². The summed E-state index contributed by atoms with van der Waals surface area (Å²) in [6.45, 7) is 2.11. The lowest BCUT2D eigenvalue weighted by molar-refractivity contribution is -0.108. The molecular formula is C19H20BrN3O4S. The summed E-state index contributed by atoms with van der Waals surface area (Å²) in [5.41, 5.74) is -0.315. The van der Waals surface area contributed by atoms with Crippen molar-refractivity contribution < 1.29 is 19.4 Å². The van der Waals surface area contributed by atoms with Gasteiger partial charge >= 0.3 is 0 Å². The number of nitrogens with zero attached hydrogens (tertiary/aromatic N) is 2. The van der Waals surface area contributed by atoms with Crippen molar-refractivity contribution in [1.82, 2.24) is 10.3 Å². The number of amidine groups is 1. The molecule has 7 nitrogen and oxygen atoms in total. The smallest absolute Gasteiger partial charge is 0.293 e. The van der Waals surface area contributed by atoms with Crippen LogP contribution in [0.2, 0.25) is 0 Å². The van der Waals surface area contributed by atoms with Crippen molar-refractivity contribution in [2.45, 2.75) is 31.1 Å². The summed E-state index contributed by atoms with van der Waals surface area (Å²) in [6, 6.07) is 8.92. The van der Waals surface area contributed by atoms with Gasteiger partial charge in [-0.3, -0.25) is 10.1 Å². The highest BCUT2D eigenvalue weighted by atomic mass is 79.9. The highest BCUT2D eigenvalue weighted by Gasteiger charge is 2.54. The SMILES string of the molecule is C[C@H]1C[C@H]2[C@@H](CO)OC(NC(=O)c3ccccc3)=N[C@@]2(c2nc(Br)cs2)CO1. The highest BCUT2D eigenvalue weighted by Crippen LogP contribution is 2.47. The molecule has 0 spiro atoms. The van der Waals surface area contributed by atoms with Crippen molar-refractivity contribution in [3.8, 4) is 0 Å². The lowest BCUT2D eigenvalue weighted by Crippen LogP contribution is -2.57. The summed E-state index contributed by atoms with van der Waals surface area (Å²) in [7, 11) is 0. The van der Waals surface area contributed by atoms with Crippen LogP contribution in [-0.4, -0.2) is 47.4 Å². The topological polar surface area (TPSA) is 93.0 Å². The van der Waals surface area contributed by atoms with Crippen LogP contribution in [0.5, 0.6) is 0 Å². The number of aliphatic imine (C=N–C) groups is 1. The maximum atomic E-state index is 12.6. The molecule has 2 aliphatic heterocycles. The molecule has 28 heavy (non-hydrogen) atoms. The predicted molar refractivity (Wildman–Crippen MR) is 108 cm³/mol. The van der Waals surface area contributed by atoms with Gasteiger partial charge in [0.15, 0.2) is 0 Å². The number of aliphatic hydroxyl groups excluding tert-OH is 1. The van der Waals surface area contributed by atoms with E-state index in [0.29, 0.717) is 18.6 Å². The zero-order valence-electron chi connectivity index (χ0n) is 15.2. The van der Waals surface area contributed by atoms with Gasteiger partial charge in [0.05, 0.1) is 19.3 Å². The van der Waals surface area contributed by atoms with E-state index in [4.69, 9.17) is 14.5 Å². The summed E-state index contributed by atoms with van der Waals surface area (Å²) < 4.78 is 12.5. The summed E-state index contributed by atoms with van der Waals surface area (Å²) in [5.74, 6) is -0.438. The molecule has 4 atom stereocenters. The molecule has 1 aromatic heterocycles. The number of rotatable bonds is 3. The molecule has 3 heterocycles. The van der Waals surface area contributed by atoms with Gasteiger partial charge in [-0.25, -0.2) is 9.98 Å². The van der Waals surface area contributed by atoms with Crippen molar-refractivity contribution >= 4 is 39.2 Å². The molecule has 0 aliphatic carbocycles. The number of aromatic nitrogens is 1. The first-order valence-corrected chi connectivity index (χ1v) is 10.7. The number of benzene rings is 1. The van der Waals surface area contributed by atoms with Gasteiger partial charge < -0.3 is 14.6 Å². The van der Waals surface area contributed by atoms with Gasteiger partial charge in [0.25, 0.3) is 11.9 Å². The number of carbonyl (C=O) groups excluding carboxylic acids is 1. The van der Waals surface area contributed by atoms with Gasteiger partial charge in [0.1, 0.15) is 21.3 Å². The van der Waals surface area contributed by atoms with E-state index < -0.39 is 11.6 Å². The van der Waals surface area contributed by atoms with E-state index in [2.05, 4.69) is 26.2 Å². The number of carbonyl (C=O) groups is 1. The molecule has 9 heteroatoms. The minimum atomic E-state index is -0.811. The van der Waals surface area contributed by atoms with Gasteiger partial charge in [-0.1, -0.05) is 18.2 Å². The number of nitrogens with one attached hydrogen (secondary N) is 1. The fourth-order valence-electron chi connectivity index (χ4n) is 3.71. The zero-order valence-corrected chi connectivity index (χ0v) is 17.6. The first-order chi connectivity index (χ1) is 13.5. The zero-order chi connectivity index (χ0) is 19.7. The predicted octanol–water partition coefficient (Wildman–Crippen LogP) is 2.70. The van der Waals surface area contributed by atoms with Gasteiger partial charge in [-0.2, -0.15) is 0 Å². The fraction of sp³-hybridized carbons (Fsp3) is 0.421. The van der Waals surface area contributed by atoms with Gasteiger partial charge in [-0.05, 0) is 41.4 Å². The number of hydrogen-bond acceptors (Lipinski definition) is 7. The second kappa shape index (κ2) is 7.90. The number of amides is 1. The van der Waals surface area contributed by atoms with E-state index in [1.165, 1.54) is 11.3 Å². The van der Waals surface area contributed by atoms with E-state index in [9.17, 15) is 9.90 Å². The molecule has 2 aliphatic rings. The van der Waals surface area contributed by atoms with Crippen LogP contribution in [0.15, 0.2) is 45.3 Å². The third-order valence-corrected chi connectivity index (χ3v) is 6.80. The molecule has 1 amide bonds. The molecule has 0 bridgehead atoms. The molecule has 0 unspecified atom stereocenters. The van der Waals surface area contributed by atoms with E-state index in [1.807, 2.05) is 18.4 Å². The Hall–Kier alpha value is -1.81. The van der Waals surface area contributed by atoms with E-state index in [1.54, 1.807) is 24.3 Å². The van der Waals surface area contributed by atoms with Crippen molar-refractivity contribution in [3.05, 3.63) is 50.9 Å². The van der Waals surface area contributed by atoms with Crippen molar-refractivity contribution in [2.24, 2.45) is 10.9 Å². The van der Waals surface area contributed by atoms with Crippen LogP contribution in [0.25, 0.3) is 0 Å². The van der Waals surface area contributed by atoms with Gasteiger partial charge in [0.2, 0.25) is 0 Å². The van der Waals surface area contributed by atoms with Crippen LogP contribution in [0, 0.1) is 5.92 Å². The van der Waals surface area contributed by atoms with E-state index >= 15 is 0 Å². The Bertz CT molecular complexity index is 890. The fourth-order valence-corrected chi connectivity index (χ4v) is 5.15. The summed E-state index contributed by atoms with van der Waals surface area (Å²) >= 11 is 4.87. The average molecular weight is 466 g/mol. The molecule has 1 aromatic carbocycles. The van der Waals surface area contributed by atoms with E-state index in [-0.39, 0.29) is 30.6 Å². The average Bonchev–Trinajstić information content (AvgIpc) is 3.15. The first kappa shape index (κ1) is 19.5. The number of hydrogen-bond donors (Lipinski definition) is 2. The molecule has 0 saturated carbocycles. The van der Waals surface area contributed by atoms with Crippen LogP contribution in [-0.2, 0) is 15.0 Å². The molecule has 2 aromatic rings.